The van der Waals surface area contributed by atoms with Crippen molar-refractivity contribution in [3.63, 3.8) is 0 Å². The first kappa shape index (κ1) is 15.3. The van der Waals surface area contributed by atoms with Crippen molar-refractivity contribution in [2.24, 2.45) is 0 Å². The molecule has 0 saturated heterocycles. The van der Waals surface area contributed by atoms with Gasteiger partial charge in [-0.15, -0.1) is 0 Å². The Labute approximate surface area is 132 Å². The third-order valence-electron chi connectivity index (χ3n) is 5.21. The molecule has 118 valence electrons. The minimum atomic E-state index is 0.163. The van der Waals surface area contributed by atoms with Crippen molar-refractivity contribution in [2.45, 2.75) is 69.9 Å². The number of benzene rings is 1. The molecule has 1 aromatic rings. The van der Waals surface area contributed by atoms with Crippen molar-refractivity contribution in [3.8, 4) is 0 Å². The molecular formula is C19H25NO2. The average Bonchev–Trinajstić information content (AvgIpc) is 3.10. The zero-order chi connectivity index (χ0) is 15.4. The van der Waals surface area contributed by atoms with E-state index in [1.807, 2.05) is 0 Å². The number of amides is 1. The van der Waals surface area contributed by atoms with E-state index in [-0.39, 0.29) is 5.91 Å². The van der Waals surface area contributed by atoms with Crippen LogP contribution in [0.1, 0.15) is 78.5 Å². The predicted octanol–water partition coefficient (Wildman–Crippen LogP) is 4.22. The molecule has 0 unspecified atom stereocenters. The van der Waals surface area contributed by atoms with Crippen molar-refractivity contribution in [3.05, 3.63) is 35.4 Å². The van der Waals surface area contributed by atoms with E-state index in [4.69, 9.17) is 0 Å². The topological polar surface area (TPSA) is 37.4 Å². The van der Waals surface area contributed by atoms with E-state index in [2.05, 4.69) is 4.90 Å². The van der Waals surface area contributed by atoms with Gasteiger partial charge in [0.25, 0.3) is 5.91 Å². The standard InChI is InChI=1S/C19H25NO2/c21-14-15-10-12-16(13-11-15)19(22)20(18-8-4-5-9-18)17-6-2-1-3-7-17/h10-14,17-18H,1-9H2. The van der Waals surface area contributed by atoms with Crippen LogP contribution in [0.25, 0.3) is 0 Å². The van der Waals surface area contributed by atoms with Crippen LogP contribution in [0.2, 0.25) is 0 Å². The van der Waals surface area contributed by atoms with E-state index < -0.39 is 0 Å². The number of carbonyl (C=O) groups excluding carboxylic acids is 2. The highest BCUT2D eigenvalue weighted by atomic mass is 16.2. The molecule has 0 heterocycles. The van der Waals surface area contributed by atoms with Crippen LogP contribution in [0.3, 0.4) is 0 Å². The molecular weight excluding hydrogens is 274 g/mol. The first-order chi connectivity index (χ1) is 10.8. The van der Waals surface area contributed by atoms with Gasteiger partial charge >= 0.3 is 0 Å². The average molecular weight is 299 g/mol. The number of carbonyl (C=O) groups is 2. The van der Waals surface area contributed by atoms with Crippen LogP contribution in [0.15, 0.2) is 24.3 Å². The smallest absolute Gasteiger partial charge is 0.254 e. The minimum Gasteiger partial charge on any atom is -0.333 e. The molecule has 3 heteroatoms. The Bertz CT molecular complexity index is 511. The van der Waals surface area contributed by atoms with E-state index in [1.165, 1.54) is 32.1 Å². The van der Waals surface area contributed by atoms with Crippen molar-refractivity contribution in [1.29, 1.82) is 0 Å². The molecule has 2 saturated carbocycles. The molecule has 0 radical (unpaired) electrons. The maximum absolute atomic E-state index is 13.1. The fourth-order valence-electron chi connectivity index (χ4n) is 4.02. The molecule has 1 aromatic carbocycles. The summed E-state index contributed by atoms with van der Waals surface area (Å²) >= 11 is 0. The lowest BCUT2D eigenvalue weighted by Gasteiger charge is -2.39. The lowest BCUT2D eigenvalue weighted by molar-refractivity contribution is 0.0518. The quantitative estimate of drug-likeness (QED) is 0.781. The summed E-state index contributed by atoms with van der Waals surface area (Å²) in [7, 11) is 0. The molecule has 3 rings (SSSR count). The molecule has 3 nitrogen and oxygen atoms in total. The molecule has 0 N–H and O–H groups in total. The van der Waals surface area contributed by atoms with Crippen LogP contribution in [0.4, 0.5) is 0 Å². The second-order valence-corrected chi connectivity index (χ2v) is 6.68. The van der Waals surface area contributed by atoms with Gasteiger partial charge < -0.3 is 4.90 Å². The summed E-state index contributed by atoms with van der Waals surface area (Å²) in [6.45, 7) is 0. The maximum Gasteiger partial charge on any atom is 0.254 e. The zero-order valence-electron chi connectivity index (χ0n) is 13.2. The van der Waals surface area contributed by atoms with Crippen molar-refractivity contribution in [2.75, 3.05) is 0 Å². The molecule has 0 spiro atoms. The van der Waals surface area contributed by atoms with Gasteiger partial charge in [-0.3, -0.25) is 9.59 Å². The number of nitrogens with zero attached hydrogens (tertiary/aromatic N) is 1. The van der Waals surface area contributed by atoms with Crippen LogP contribution in [-0.2, 0) is 0 Å². The summed E-state index contributed by atoms with van der Waals surface area (Å²) in [5.74, 6) is 0.163. The molecule has 0 atom stereocenters. The lowest BCUT2D eigenvalue weighted by atomic mass is 9.92. The van der Waals surface area contributed by atoms with Crippen molar-refractivity contribution >= 4 is 12.2 Å². The molecule has 2 fully saturated rings. The van der Waals surface area contributed by atoms with Crippen molar-refractivity contribution in [1.82, 2.24) is 4.90 Å². The highest BCUT2D eigenvalue weighted by molar-refractivity contribution is 5.95. The Morgan fingerprint density at radius 1 is 0.864 bits per heavy atom. The number of hydrogen-bond donors (Lipinski definition) is 0. The Hall–Kier alpha value is -1.64. The highest BCUT2D eigenvalue weighted by Gasteiger charge is 2.33. The number of aldehydes is 1. The first-order valence-corrected chi connectivity index (χ1v) is 8.67. The summed E-state index contributed by atoms with van der Waals surface area (Å²) < 4.78 is 0. The fraction of sp³-hybridized carbons (Fsp3) is 0.579. The van der Waals surface area contributed by atoms with Crippen LogP contribution in [0, 0.1) is 0 Å². The summed E-state index contributed by atoms with van der Waals surface area (Å²) in [5, 5.41) is 0. The normalized spacial score (nSPS) is 20.0. The molecule has 0 aromatic heterocycles. The van der Waals surface area contributed by atoms with Gasteiger partial charge in [0.05, 0.1) is 0 Å². The fourth-order valence-corrected chi connectivity index (χ4v) is 4.02. The predicted molar refractivity (Wildman–Crippen MR) is 87.1 cm³/mol. The van der Waals surface area contributed by atoms with E-state index in [0.29, 0.717) is 17.6 Å². The van der Waals surface area contributed by atoms with Gasteiger partial charge in [-0.1, -0.05) is 44.2 Å². The summed E-state index contributed by atoms with van der Waals surface area (Å²) in [6.07, 6.45) is 11.7. The van der Waals surface area contributed by atoms with E-state index >= 15 is 0 Å². The Kier molecular flexibility index (Phi) is 4.91. The van der Waals surface area contributed by atoms with Gasteiger partial charge in [-0.2, -0.15) is 0 Å². The monoisotopic (exact) mass is 299 g/mol. The van der Waals surface area contributed by atoms with Crippen LogP contribution < -0.4 is 0 Å². The van der Waals surface area contributed by atoms with Crippen molar-refractivity contribution < 1.29 is 9.59 Å². The van der Waals surface area contributed by atoms with Gasteiger partial charge in [0.15, 0.2) is 0 Å². The largest absolute Gasteiger partial charge is 0.333 e. The number of hydrogen-bond acceptors (Lipinski definition) is 2. The Balaban J connectivity index is 1.82. The number of rotatable bonds is 4. The summed E-state index contributed by atoms with van der Waals surface area (Å²) in [5.41, 5.74) is 1.35. The third kappa shape index (κ3) is 3.23. The molecule has 0 aliphatic heterocycles. The summed E-state index contributed by atoms with van der Waals surface area (Å²) in [6, 6.07) is 7.92. The molecule has 2 aliphatic rings. The highest BCUT2D eigenvalue weighted by Crippen LogP contribution is 2.32. The van der Waals surface area contributed by atoms with E-state index in [1.54, 1.807) is 24.3 Å². The molecule has 2 aliphatic carbocycles. The Morgan fingerprint density at radius 2 is 1.36 bits per heavy atom. The van der Waals surface area contributed by atoms with Gasteiger partial charge in [-0.25, -0.2) is 0 Å². The minimum absolute atomic E-state index is 0.163. The van der Waals surface area contributed by atoms with Gasteiger partial charge in [0.2, 0.25) is 0 Å². The summed E-state index contributed by atoms with van der Waals surface area (Å²) in [4.78, 5) is 26.0. The van der Waals surface area contributed by atoms with E-state index in [9.17, 15) is 9.59 Å². The van der Waals surface area contributed by atoms with Crippen LogP contribution in [-0.4, -0.2) is 29.2 Å². The van der Waals surface area contributed by atoms with Crippen LogP contribution >= 0.6 is 0 Å². The molecule has 1 amide bonds. The third-order valence-corrected chi connectivity index (χ3v) is 5.21. The van der Waals surface area contributed by atoms with Gasteiger partial charge in [0.1, 0.15) is 6.29 Å². The van der Waals surface area contributed by atoms with Gasteiger partial charge in [-0.05, 0) is 37.8 Å². The molecule has 22 heavy (non-hydrogen) atoms. The van der Waals surface area contributed by atoms with E-state index in [0.717, 1.165) is 37.5 Å². The second-order valence-electron chi connectivity index (χ2n) is 6.68. The lowest BCUT2D eigenvalue weighted by Crippen LogP contribution is -2.47. The van der Waals surface area contributed by atoms with Gasteiger partial charge in [0, 0.05) is 23.2 Å². The maximum atomic E-state index is 13.1. The Morgan fingerprint density at radius 3 is 1.86 bits per heavy atom. The zero-order valence-corrected chi connectivity index (χ0v) is 13.2. The molecule has 0 bridgehead atoms. The SMILES string of the molecule is O=Cc1ccc(C(=O)N(C2CCCCC2)C2CCCC2)cc1. The van der Waals surface area contributed by atoms with Crippen LogP contribution in [0.5, 0.6) is 0 Å². The first-order valence-electron chi connectivity index (χ1n) is 8.67. The second kappa shape index (κ2) is 7.08.